The molecule has 0 amide bonds. The van der Waals surface area contributed by atoms with Crippen molar-refractivity contribution in [1.82, 2.24) is 14.8 Å². The molecule has 0 spiro atoms. The second-order valence-electron chi connectivity index (χ2n) is 4.74. The fourth-order valence-electron chi connectivity index (χ4n) is 2.22. The number of nitrogens with zero attached hydrogens (tertiary/aromatic N) is 3. The molecule has 0 aliphatic rings. The zero-order valence-electron chi connectivity index (χ0n) is 11.5. The van der Waals surface area contributed by atoms with Crippen LogP contribution >= 0.6 is 0 Å². The van der Waals surface area contributed by atoms with Crippen LogP contribution in [0.15, 0.2) is 67.1 Å². The molecule has 0 radical (unpaired) electrons. The lowest BCUT2D eigenvalue weighted by atomic mass is 10.1. The van der Waals surface area contributed by atoms with E-state index < -0.39 is 0 Å². The predicted molar refractivity (Wildman–Crippen MR) is 80.5 cm³/mol. The van der Waals surface area contributed by atoms with Crippen molar-refractivity contribution in [3.63, 3.8) is 0 Å². The number of para-hydroxylation sites is 1. The van der Waals surface area contributed by atoms with Gasteiger partial charge in [-0.1, -0.05) is 18.2 Å². The molecule has 0 aliphatic carbocycles. The Morgan fingerprint density at radius 1 is 0.952 bits per heavy atom. The Morgan fingerprint density at radius 3 is 2.48 bits per heavy atom. The molecule has 0 unspecified atom stereocenters. The SMILES string of the molecule is O=C(CCc1ccncc1)c1ccnn1-c1ccccc1. The number of hydrogen-bond acceptors (Lipinski definition) is 3. The van der Waals surface area contributed by atoms with Gasteiger partial charge in [-0.05, 0) is 42.3 Å². The summed E-state index contributed by atoms with van der Waals surface area (Å²) >= 11 is 0. The molecule has 21 heavy (non-hydrogen) atoms. The molecule has 0 bridgehead atoms. The van der Waals surface area contributed by atoms with Crippen molar-refractivity contribution in [3.05, 3.63) is 78.4 Å². The van der Waals surface area contributed by atoms with Crippen molar-refractivity contribution in [1.29, 1.82) is 0 Å². The number of pyridine rings is 1. The second kappa shape index (κ2) is 6.13. The summed E-state index contributed by atoms with van der Waals surface area (Å²) in [7, 11) is 0. The zero-order chi connectivity index (χ0) is 14.5. The van der Waals surface area contributed by atoms with Crippen LogP contribution in [0.25, 0.3) is 5.69 Å². The largest absolute Gasteiger partial charge is 0.292 e. The smallest absolute Gasteiger partial charge is 0.181 e. The third kappa shape index (κ3) is 3.05. The minimum atomic E-state index is 0.0909. The number of rotatable bonds is 5. The fourth-order valence-corrected chi connectivity index (χ4v) is 2.22. The molecule has 2 aromatic heterocycles. The van der Waals surface area contributed by atoms with E-state index in [1.165, 1.54) is 0 Å². The van der Waals surface area contributed by atoms with Gasteiger partial charge in [-0.15, -0.1) is 0 Å². The Kier molecular flexibility index (Phi) is 3.87. The Morgan fingerprint density at radius 2 is 1.71 bits per heavy atom. The highest BCUT2D eigenvalue weighted by Crippen LogP contribution is 2.13. The fraction of sp³-hybridized carbons (Fsp3) is 0.118. The molecule has 3 aromatic rings. The molecule has 0 atom stereocenters. The molecule has 1 aromatic carbocycles. The molecule has 4 heteroatoms. The average molecular weight is 277 g/mol. The first kappa shape index (κ1) is 13.2. The number of carbonyl (C=O) groups is 1. The maximum Gasteiger partial charge on any atom is 0.181 e. The van der Waals surface area contributed by atoms with E-state index in [2.05, 4.69) is 10.1 Å². The second-order valence-corrected chi connectivity index (χ2v) is 4.74. The third-order valence-electron chi connectivity index (χ3n) is 3.32. The minimum absolute atomic E-state index is 0.0909. The topological polar surface area (TPSA) is 47.8 Å². The first-order chi connectivity index (χ1) is 10.3. The van der Waals surface area contributed by atoms with Gasteiger partial charge in [0.05, 0.1) is 11.9 Å². The Hall–Kier alpha value is -2.75. The highest BCUT2D eigenvalue weighted by molar-refractivity contribution is 5.95. The van der Waals surface area contributed by atoms with Crippen molar-refractivity contribution in [2.75, 3.05) is 0 Å². The molecule has 3 rings (SSSR count). The van der Waals surface area contributed by atoms with Gasteiger partial charge in [0, 0.05) is 18.8 Å². The van der Waals surface area contributed by atoms with Crippen LogP contribution in [0.4, 0.5) is 0 Å². The zero-order valence-corrected chi connectivity index (χ0v) is 11.5. The van der Waals surface area contributed by atoms with Crippen molar-refractivity contribution in [2.24, 2.45) is 0 Å². The molecular formula is C17H15N3O. The van der Waals surface area contributed by atoms with Crippen LogP contribution in [0.2, 0.25) is 0 Å². The van der Waals surface area contributed by atoms with E-state index in [9.17, 15) is 4.79 Å². The van der Waals surface area contributed by atoms with E-state index in [0.717, 1.165) is 11.3 Å². The normalized spacial score (nSPS) is 10.5. The highest BCUT2D eigenvalue weighted by Gasteiger charge is 2.13. The van der Waals surface area contributed by atoms with Gasteiger partial charge in [0.25, 0.3) is 0 Å². The maximum absolute atomic E-state index is 12.4. The van der Waals surface area contributed by atoms with E-state index in [1.54, 1.807) is 29.3 Å². The summed E-state index contributed by atoms with van der Waals surface area (Å²) in [5, 5.41) is 4.25. The van der Waals surface area contributed by atoms with E-state index in [-0.39, 0.29) is 5.78 Å². The van der Waals surface area contributed by atoms with E-state index >= 15 is 0 Å². The number of ketones is 1. The molecule has 0 saturated heterocycles. The van der Waals surface area contributed by atoms with Crippen LogP contribution < -0.4 is 0 Å². The average Bonchev–Trinajstić information content (AvgIpc) is 3.04. The molecule has 104 valence electrons. The van der Waals surface area contributed by atoms with Crippen LogP contribution in [0.1, 0.15) is 22.5 Å². The van der Waals surface area contributed by atoms with Crippen molar-refractivity contribution >= 4 is 5.78 Å². The van der Waals surface area contributed by atoms with Gasteiger partial charge in [-0.2, -0.15) is 5.10 Å². The lowest BCUT2D eigenvalue weighted by Gasteiger charge is -2.06. The number of benzene rings is 1. The summed E-state index contributed by atoms with van der Waals surface area (Å²) in [5.41, 5.74) is 2.63. The monoisotopic (exact) mass is 277 g/mol. The summed E-state index contributed by atoms with van der Waals surface area (Å²) in [5.74, 6) is 0.0909. The molecule has 0 N–H and O–H groups in total. The lowest BCUT2D eigenvalue weighted by molar-refractivity contribution is 0.0975. The Bertz CT molecular complexity index is 720. The van der Waals surface area contributed by atoms with E-state index in [4.69, 9.17) is 0 Å². The number of Topliss-reactive ketones (excluding diaryl/α,β-unsaturated/α-hetero) is 1. The summed E-state index contributed by atoms with van der Waals surface area (Å²) < 4.78 is 1.69. The molecule has 4 nitrogen and oxygen atoms in total. The number of aryl methyl sites for hydroxylation is 1. The van der Waals surface area contributed by atoms with Crippen LogP contribution in [0.3, 0.4) is 0 Å². The lowest BCUT2D eigenvalue weighted by Crippen LogP contribution is -2.09. The van der Waals surface area contributed by atoms with Crippen LogP contribution in [0, 0.1) is 0 Å². The van der Waals surface area contributed by atoms with Gasteiger partial charge in [0.2, 0.25) is 0 Å². The molecular weight excluding hydrogens is 262 g/mol. The molecule has 0 saturated carbocycles. The van der Waals surface area contributed by atoms with E-state index in [1.807, 2.05) is 42.5 Å². The molecule has 0 aliphatic heterocycles. The van der Waals surface area contributed by atoms with Crippen LogP contribution in [-0.2, 0) is 6.42 Å². The van der Waals surface area contributed by atoms with Gasteiger partial charge in [-0.25, -0.2) is 4.68 Å². The first-order valence-electron chi connectivity index (χ1n) is 6.86. The van der Waals surface area contributed by atoms with E-state index in [0.29, 0.717) is 18.5 Å². The standard InChI is InChI=1S/C17H15N3O/c21-17(7-6-14-8-11-18-12-9-14)16-10-13-19-20(16)15-4-2-1-3-5-15/h1-5,8-13H,6-7H2. The van der Waals surface area contributed by atoms with Crippen molar-refractivity contribution in [2.45, 2.75) is 12.8 Å². The van der Waals surface area contributed by atoms with Gasteiger partial charge in [0.15, 0.2) is 5.78 Å². The number of aromatic nitrogens is 3. The van der Waals surface area contributed by atoms with Gasteiger partial charge in [-0.3, -0.25) is 9.78 Å². The summed E-state index contributed by atoms with van der Waals surface area (Å²) in [6.45, 7) is 0. The Labute approximate surface area is 123 Å². The highest BCUT2D eigenvalue weighted by atomic mass is 16.1. The predicted octanol–water partition coefficient (Wildman–Crippen LogP) is 3.08. The summed E-state index contributed by atoms with van der Waals surface area (Å²) in [4.78, 5) is 16.4. The summed E-state index contributed by atoms with van der Waals surface area (Å²) in [6.07, 6.45) is 6.32. The first-order valence-corrected chi connectivity index (χ1v) is 6.86. The molecule has 2 heterocycles. The van der Waals surface area contributed by atoms with Crippen LogP contribution in [0.5, 0.6) is 0 Å². The van der Waals surface area contributed by atoms with Gasteiger partial charge < -0.3 is 0 Å². The Balaban J connectivity index is 1.76. The number of hydrogen-bond donors (Lipinski definition) is 0. The van der Waals surface area contributed by atoms with Crippen LogP contribution in [-0.4, -0.2) is 20.5 Å². The van der Waals surface area contributed by atoms with Crippen molar-refractivity contribution in [3.8, 4) is 5.69 Å². The molecule has 0 fully saturated rings. The minimum Gasteiger partial charge on any atom is -0.292 e. The number of carbonyl (C=O) groups excluding carboxylic acids is 1. The maximum atomic E-state index is 12.4. The summed E-state index contributed by atoms with van der Waals surface area (Å²) in [6, 6.07) is 15.3. The quantitative estimate of drug-likeness (QED) is 0.673. The van der Waals surface area contributed by atoms with Gasteiger partial charge in [0.1, 0.15) is 5.69 Å². The van der Waals surface area contributed by atoms with Crippen molar-refractivity contribution < 1.29 is 4.79 Å². The third-order valence-corrected chi connectivity index (χ3v) is 3.32. The van der Waals surface area contributed by atoms with Gasteiger partial charge >= 0.3 is 0 Å².